The Bertz CT molecular complexity index is 848. The fourth-order valence-corrected chi connectivity index (χ4v) is 3.39. The van der Waals surface area contributed by atoms with Crippen molar-refractivity contribution in [3.05, 3.63) is 70.8 Å². The maximum Gasteiger partial charge on any atom is 0.308 e. The summed E-state index contributed by atoms with van der Waals surface area (Å²) in [5.41, 5.74) is 1.86. The number of carboxylic acids is 1. The Kier molecular flexibility index (Phi) is 5.54. The standard InChI is InChI=1S/C21H21F2NO3/c1-12-4-2-5-13(8-12)9-14(21(26)27)11-24-20(25)16-10-15(16)19-17(22)6-3-7-18(19)23/h2-8,14-16H,9-11H2,1H3,(H,24,25)(H,26,27). The zero-order chi connectivity index (χ0) is 19.6. The number of aryl methyl sites for hydroxylation is 1. The predicted octanol–water partition coefficient (Wildman–Crippen LogP) is 3.44. The summed E-state index contributed by atoms with van der Waals surface area (Å²) >= 11 is 0. The van der Waals surface area contributed by atoms with Crippen LogP contribution in [-0.2, 0) is 16.0 Å². The molecule has 2 aromatic carbocycles. The van der Waals surface area contributed by atoms with Crippen molar-refractivity contribution in [2.24, 2.45) is 11.8 Å². The van der Waals surface area contributed by atoms with Crippen LogP contribution >= 0.6 is 0 Å². The van der Waals surface area contributed by atoms with Gasteiger partial charge < -0.3 is 10.4 Å². The number of aliphatic carboxylic acids is 1. The van der Waals surface area contributed by atoms with E-state index in [1.807, 2.05) is 31.2 Å². The molecule has 0 radical (unpaired) electrons. The van der Waals surface area contributed by atoms with E-state index in [-0.39, 0.29) is 18.0 Å². The highest BCUT2D eigenvalue weighted by Gasteiger charge is 2.46. The van der Waals surface area contributed by atoms with E-state index >= 15 is 0 Å². The molecule has 2 aromatic rings. The second-order valence-electron chi connectivity index (χ2n) is 7.06. The molecule has 1 aliphatic rings. The first kappa shape index (κ1) is 19.0. The minimum absolute atomic E-state index is 0.0227. The fraction of sp³-hybridized carbons (Fsp3) is 0.333. The molecule has 0 saturated heterocycles. The van der Waals surface area contributed by atoms with Gasteiger partial charge in [-0.3, -0.25) is 9.59 Å². The van der Waals surface area contributed by atoms with Crippen molar-refractivity contribution in [2.75, 3.05) is 6.54 Å². The van der Waals surface area contributed by atoms with Gasteiger partial charge in [-0.2, -0.15) is 0 Å². The summed E-state index contributed by atoms with van der Waals surface area (Å²) in [4.78, 5) is 23.8. The van der Waals surface area contributed by atoms with Crippen molar-refractivity contribution in [3.8, 4) is 0 Å². The molecule has 0 heterocycles. The molecular formula is C21H21F2NO3. The summed E-state index contributed by atoms with van der Waals surface area (Å²) in [7, 11) is 0. The Morgan fingerprint density at radius 3 is 2.48 bits per heavy atom. The Morgan fingerprint density at radius 2 is 1.85 bits per heavy atom. The van der Waals surface area contributed by atoms with Gasteiger partial charge in [-0.15, -0.1) is 0 Å². The number of amides is 1. The summed E-state index contributed by atoms with van der Waals surface area (Å²) < 4.78 is 27.6. The summed E-state index contributed by atoms with van der Waals surface area (Å²) in [5, 5.41) is 12.1. The third-order valence-corrected chi connectivity index (χ3v) is 4.93. The highest BCUT2D eigenvalue weighted by Crippen LogP contribution is 2.49. The highest BCUT2D eigenvalue weighted by atomic mass is 19.1. The van der Waals surface area contributed by atoms with E-state index in [2.05, 4.69) is 5.32 Å². The van der Waals surface area contributed by atoms with Crippen LogP contribution in [0.5, 0.6) is 0 Å². The fourth-order valence-electron chi connectivity index (χ4n) is 3.39. The zero-order valence-corrected chi connectivity index (χ0v) is 14.9. The molecule has 1 saturated carbocycles. The van der Waals surface area contributed by atoms with E-state index in [0.717, 1.165) is 11.1 Å². The van der Waals surface area contributed by atoms with Crippen LogP contribution in [0.15, 0.2) is 42.5 Å². The average molecular weight is 373 g/mol. The molecule has 27 heavy (non-hydrogen) atoms. The molecule has 1 amide bonds. The molecule has 1 aliphatic carbocycles. The molecule has 142 valence electrons. The van der Waals surface area contributed by atoms with Crippen LogP contribution in [0.25, 0.3) is 0 Å². The van der Waals surface area contributed by atoms with E-state index in [0.29, 0.717) is 12.8 Å². The van der Waals surface area contributed by atoms with Crippen LogP contribution in [0, 0.1) is 30.4 Å². The molecule has 4 nitrogen and oxygen atoms in total. The van der Waals surface area contributed by atoms with E-state index in [1.54, 1.807) is 0 Å². The number of carbonyl (C=O) groups excluding carboxylic acids is 1. The van der Waals surface area contributed by atoms with E-state index in [1.165, 1.54) is 18.2 Å². The van der Waals surface area contributed by atoms with Gasteiger partial charge in [0.2, 0.25) is 5.91 Å². The van der Waals surface area contributed by atoms with E-state index < -0.39 is 35.4 Å². The molecule has 0 bridgehead atoms. The van der Waals surface area contributed by atoms with Gasteiger partial charge >= 0.3 is 5.97 Å². The normalized spacial score (nSPS) is 19.4. The largest absolute Gasteiger partial charge is 0.481 e. The minimum Gasteiger partial charge on any atom is -0.481 e. The molecule has 6 heteroatoms. The zero-order valence-electron chi connectivity index (χ0n) is 14.9. The number of carbonyl (C=O) groups is 2. The number of nitrogens with one attached hydrogen (secondary N) is 1. The SMILES string of the molecule is Cc1cccc(CC(CNC(=O)C2CC2c2c(F)cccc2F)C(=O)O)c1. The summed E-state index contributed by atoms with van der Waals surface area (Å²) in [6, 6.07) is 11.2. The third-order valence-electron chi connectivity index (χ3n) is 4.93. The molecular weight excluding hydrogens is 352 g/mol. The number of halogens is 2. The molecule has 3 rings (SSSR count). The molecule has 0 aromatic heterocycles. The van der Waals surface area contributed by atoms with E-state index in [4.69, 9.17) is 0 Å². The lowest BCUT2D eigenvalue weighted by atomic mass is 9.98. The number of rotatable bonds is 7. The Labute approximate surface area is 156 Å². The molecule has 0 spiro atoms. The third kappa shape index (κ3) is 4.51. The van der Waals surface area contributed by atoms with Gasteiger partial charge in [0.05, 0.1) is 5.92 Å². The van der Waals surface area contributed by atoms with Crippen molar-refractivity contribution in [1.29, 1.82) is 0 Å². The molecule has 1 fully saturated rings. The monoisotopic (exact) mass is 373 g/mol. The molecule has 2 N–H and O–H groups in total. The van der Waals surface area contributed by atoms with Crippen LogP contribution in [0.3, 0.4) is 0 Å². The lowest BCUT2D eigenvalue weighted by Crippen LogP contribution is -2.35. The lowest BCUT2D eigenvalue weighted by Gasteiger charge is -2.14. The molecule has 0 aliphatic heterocycles. The second-order valence-corrected chi connectivity index (χ2v) is 7.06. The number of carboxylic acid groups (broad SMARTS) is 1. The Hall–Kier alpha value is -2.76. The first-order chi connectivity index (χ1) is 12.9. The van der Waals surface area contributed by atoms with Crippen LogP contribution < -0.4 is 5.32 Å². The average Bonchev–Trinajstić information content (AvgIpc) is 3.38. The van der Waals surface area contributed by atoms with E-state index in [9.17, 15) is 23.5 Å². The minimum atomic E-state index is -0.996. The van der Waals surface area contributed by atoms with Crippen LogP contribution in [0.4, 0.5) is 8.78 Å². The number of hydrogen-bond donors (Lipinski definition) is 2. The van der Waals surface area contributed by atoms with Gasteiger partial charge in [-0.25, -0.2) is 8.78 Å². The van der Waals surface area contributed by atoms with Crippen LogP contribution in [0.2, 0.25) is 0 Å². The van der Waals surface area contributed by atoms with Gasteiger partial charge in [0, 0.05) is 23.9 Å². The van der Waals surface area contributed by atoms with Gasteiger partial charge in [-0.05, 0) is 37.5 Å². The Balaban J connectivity index is 1.58. The maximum absolute atomic E-state index is 13.8. The first-order valence-corrected chi connectivity index (χ1v) is 8.86. The predicted molar refractivity (Wildman–Crippen MR) is 96.2 cm³/mol. The van der Waals surface area contributed by atoms with Gasteiger partial charge in [-0.1, -0.05) is 35.9 Å². The Morgan fingerprint density at radius 1 is 1.19 bits per heavy atom. The highest BCUT2D eigenvalue weighted by molar-refractivity contribution is 5.83. The van der Waals surface area contributed by atoms with Crippen molar-refractivity contribution >= 4 is 11.9 Å². The summed E-state index contributed by atoms with van der Waals surface area (Å²) in [6.45, 7) is 1.90. The summed E-state index contributed by atoms with van der Waals surface area (Å²) in [6.07, 6.45) is 0.659. The first-order valence-electron chi connectivity index (χ1n) is 8.86. The van der Waals surface area contributed by atoms with Crippen molar-refractivity contribution in [2.45, 2.75) is 25.7 Å². The summed E-state index contributed by atoms with van der Waals surface area (Å²) in [5.74, 6) is -4.45. The number of benzene rings is 2. The van der Waals surface area contributed by atoms with Crippen molar-refractivity contribution in [1.82, 2.24) is 5.32 Å². The molecule has 3 unspecified atom stereocenters. The van der Waals surface area contributed by atoms with Gasteiger partial charge in [0.25, 0.3) is 0 Å². The van der Waals surface area contributed by atoms with Crippen molar-refractivity contribution in [3.63, 3.8) is 0 Å². The molecule has 3 atom stereocenters. The van der Waals surface area contributed by atoms with Gasteiger partial charge in [0.1, 0.15) is 11.6 Å². The number of hydrogen-bond acceptors (Lipinski definition) is 2. The topological polar surface area (TPSA) is 66.4 Å². The van der Waals surface area contributed by atoms with Gasteiger partial charge in [0.15, 0.2) is 0 Å². The quantitative estimate of drug-likeness (QED) is 0.781. The lowest BCUT2D eigenvalue weighted by molar-refractivity contribution is -0.141. The maximum atomic E-state index is 13.8. The second kappa shape index (κ2) is 7.86. The van der Waals surface area contributed by atoms with Crippen molar-refractivity contribution < 1.29 is 23.5 Å². The van der Waals surface area contributed by atoms with Crippen LogP contribution in [-0.4, -0.2) is 23.5 Å². The van der Waals surface area contributed by atoms with Crippen LogP contribution in [0.1, 0.15) is 29.0 Å². The smallest absolute Gasteiger partial charge is 0.308 e.